The van der Waals surface area contributed by atoms with Gasteiger partial charge in [-0.05, 0) is 24.8 Å². The van der Waals surface area contributed by atoms with E-state index in [2.05, 4.69) is 27.4 Å². The first-order chi connectivity index (χ1) is 9.72. The summed E-state index contributed by atoms with van der Waals surface area (Å²) in [5.74, 6) is 1.57. The predicted molar refractivity (Wildman–Crippen MR) is 89.3 cm³/mol. The van der Waals surface area contributed by atoms with Gasteiger partial charge in [-0.3, -0.25) is 0 Å². The number of thioether (sulfide) groups is 2. The third kappa shape index (κ3) is 4.51. The van der Waals surface area contributed by atoms with Crippen LogP contribution in [0.2, 0.25) is 5.02 Å². The maximum absolute atomic E-state index is 6.19. The van der Waals surface area contributed by atoms with Gasteiger partial charge in [0, 0.05) is 12.3 Å². The lowest BCUT2D eigenvalue weighted by Crippen LogP contribution is -2.03. The number of nitrogens with one attached hydrogen (secondary N) is 1. The number of anilines is 1. The first-order valence-electron chi connectivity index (χ1n) is 6.12. The number of halogens is 1. The van der Waals surface area contributed by atoms with E-state index in [9.17, 15) is 0 Å². The minimum atomic E-state index is 0.689. The molecule has 2 rings (SSSR count). The highest BCUT2D eigenvalue weighted by Crippen LogP contribution is 2.31. The second kappa shape index (κ2) is 8.07. The maximum atomic E-state index is 6.19. The summed E-state index contributed by atoms with van der Waals surface area (Å²) < 4.78 is 1.92. The molecule has 4 nitrogen and oxygen atoms in total. The van der Waals surface area contributed by atoms with E-state index in [0.717, 1.165) is 33.2 Å². The van der Waals surface area contributed by atoms with Crippen LogP contribution in [0.15, 0.2) is 20.8 Å². The zero-order chi connectivity index (χ0) is 14.4. The SMILES string of the molecule is CCCNc1ccc(Cl)c(CSc2nnc(SC)s2)n1. The fourth-order valence-electron chi connectivity index (χ4n) is 1.41. The highest BCUT2D eigenvalue weighted by atomic mass is 35.5. The molecule has 0 radical (unpaired) electrons. The molecule has 0 amide bonds. The Morgan fingerprint density at radius 3 is 2.80 bits per heavy atom. The zero-order valence-electron chi connectivity index (χ0n) is 11.2. The van der Waals surface area contributed by atoms with Crippen LogP contribution in [0, 0.1) is 0 Å². The fraction of sp³-hybridized carbons (Fsp3) is 0.417. The largest absolute Gasteiger partial charge is 0.370 e. The molecule has 0 unspecified atom stereocenters. The van der Waals surface area contributed by atoms with Crippen LogP contribution in [-0.4, -0.2) is 28.0 Å². The molecular formula is C12H15ClN4S3. The van der Waals surface area contributed by atoms with Crippen LogP contribution in [0.3, 0.4) is 0 Å². The molecule has 0 saturated heterocycles. The zero-order valence-corrected chi connectivity index (χ0v) is 14.4. The third-order valence-corrected chi connectivity index (χ3v) is 5.76. The van der Waals surface area contributed by atoms with E-state index < -0.39 is 0 Å². The number of rotatable bonds is 7. The summed E-state index contributed by atoms with van der Waals surface area (Å²) in [6.07, 6.45) is 3.06. The van der Waals surface area contributed by atoms with Gasteiger partial charge in [-0.25, -0.2) is 4.98 Å². The molecule has 108 valence electrons. The number of nitrogens with zero attached hydrogens (tertiary/aromatic N) is 3. The molecule has 0 aliphatic heterocycles. The first kappa shape index (κ1) is 15.9. The van der Waals surface area contributed by atoms with Gasteiger partial charge in [-0.2, -0.15) is 0 Å². The molecule has 0 aliphatic carbocycles. The first-order valence-corrected chi connectivity index (χ1v) is 9.53. The molecular weight excluding hydrogens is 332 g/mol. The molecule has 2 aromatic heterocycles. The van der Waals surface area contributed by atoms with Gasteiger partial charge in [0.05, 0.1) is 10.7 Å². The van der Waals surface area contributed by atoms with Crippen molar-refractivity contribution >= 4 is 52.3 Å². The summed E-state index contributed by atoms with van der Waals surface area (Å²) in [5.41, 5.74) is 0.874. The van der Waals surface area contributed by atoms with Crippen LogP contribution >= 0.6 is 46.5 Å². The minimum Gasteiger partial charge on any atom is -0.370 e. The molecule has 0 saturated carbocycles. The highest BCUT2D eigenvalue weighted by molar-refractivity contribution is 8.02. The van der Waals surface area contributed by atoms with Gasteiger partial charge in [0.25, 0.3) is 0 Å². The van der Waals surface area contributed by atoms with E-state index in [1.54, 1.807) is 34.9 Å². The highest BCUT2D eigenvalue weighted by Gasteiger charge is 2.08. The number of pyridine rings is 1. The molecule has 0 aromatic carbocycles. The Morgan fingerprint density at radius 2 is 2.10 bits per heavy atom. The van der Waals surface area contributed by atoms with Gasteiger partial charge in [-0.15, -0.1) is 10.2 Å². The van der Waals surface area contributed by atoms with E-state index in [1.165, 1.54) is 0 Å². The monoisotopic (exact) mass is 346 g/mol. The fourth-order valence-corrected chi connectivity index (χ4v) is 4.05. The van der Waals surface area contributed by atoms with Crippen LogP contribution in [0.1, 0.15) is 19.0 Å². The molecule has 0 spiro atoms. The summed E-state index contributed by atoms with van der Waals surface area (Å²) in [6.45, 7) is 3.03. The Morgan fingerprint density at radius 1 is 1.30 bits per heavy atom. The van der Waals surface area contributed by atoms with Gasteiger partial charge >= 0.3 is 0 Å². The lowest BCUT2D eigenvalue weighted by molar-refractivity contribution is 0.954. The van der Waals surface area contributed by atoms with Crippen molar-refractivity contribution in [1.29, 1.82) is 0 Å². The topological polar surface area (TPSA) is 50.7 Å². The second-order valence-electron chi connectivity index (χ2n) is 3.88. The van der Waals surface area contributed by atoms with Crippen molar-refractivity contribution in [3.05, 3.63) is 22.8 Å². The van der Waals surface area contributed by atoms with Crippen molar-refractivity contribution in [3.63, 3.8) is 0 Å². The van der Waals surface area contributed by atoms with Crippen molar-refractivity contribution in [2.24, 2.45) is 0 Å². The average Bonchev–Trinajstić information content (AvgIpc) is 2.93. The Balaban J connectivity index is 2.00. The summed E-state index contributed by atoms with van der Waals surface area (Å²) >= 11 is 11.0. The molecule has 1 N–H and O–H groups in total. The standard InChI is InChI=1S/C12H15ClN4S3/c1-3-6-14-10-5-4-8(13)9(15-10)7-19-12-17-16-11(18-2)20-12/h4-5H,3,6-7H2,1-2H3,(H,14,15). The van der Waals surface area contributed by atoms with Gasteiger partial charge < -0.3 is 5.32 Å². The van der Waals surface area contributed by atoms with Crippen molar-refractivity contribution in [2.45, 2.75) is 27.8 Å². The number of hydrogen-bond acceptors (Lipinski definition) is 7. The Labute approximate surface area is 136 Å². The van der Waals surface area contributed by atoms with Gasteiger partial charge in [0.2, 0.25) is 0 Å². The van der Waals surface area contributed by atoms with Gasteiger partial charge in [0.15, 0.2) is 8.68 Å². The van der Waals surface area contributed by atoms with Crippen LogP contribution in [0.4, 0.5) is 5.82 Å². The molecule has 0 atom stereocenters. The van der Waals surface area contributed by atoms with E-state index in [1.807, 2.05) is 18.4 Å². The summed E-state index contributed by atoms with van der Waals surface area (Å²) in [6, 6.07) is 3.79. The minimum absolute atomic E-state index is 0.689. The molecule has 2 aromatic rings. The van der Waals surface area contributed by atoms with E-state index in [4.69, 9.17) is 11.6 Å². The van der Waals surface area contributed by atoms with Crippen LogP contribution in [-0.2, 0) is 5.75 Å². The Bertz CT molecular complexity index is 561. The molecule has 0 fully saturated rings. The van der Waals surface area contributed by atoms with Crippen molar-refractivity contribution in [2.75, 3.05) is 18.1 Å². The van der Waals surface area contributed by atoms with E-state index >= 15 is 0 Å². The van der Waals surface area contributed by atoms with Crippen molar-refractivity contribution in [1.82, 2.24) is 15.2 Å². The van der Waals surface area contributed by atoms with E-state index in [-0.39, 0.29) is 0 Å². The molecule has 0 aliphatic rings. The number of aromatic nitrogens is 3. The third-order valence-electron chi connectivity index (χ3n) is 2.37. The van der Waals surface area contributed by atoms with Crippen LogP contribution in [0.25, 0.3) is 0 Å². The van der Waals surface area contributed by atoms with Gasteiger partial charge in [-0.1, -0.05) is 53.4 Å². The van der Waals surface area contributed by atoms with E-state index in [0.29, 0.717) is 10.8 Å². The molecule has 20 heavy (non-hydrogen) atoms. The Kier molecular flexibility index (Phi) is 6.41. The summed E-state index contributed by atoms with van der Waals surface area (Å²) in [7, 11) is 0. The van der Waals surface area contributed by atoms with Gasteiger partial charge in [0.1, 0.15) is 5.82 Å². The summed E-state index contributed by atoms with van der Waals surface area (Å²) in [5, 5.41) is 12.2. The Hall–Kier alpha value is -0.500. The van der Waals surface area contributed by atoms with Crippen molar-refractivity contribution in [3.8, 4) is 0 Å². The van der Waals surface area contributed by atoms with Crippen LogP contribution in [0.5, 0.6) is 0 Å². The smallest absolute Gasteiger partial charge is 0.175 e. The van der Waals surface area contributed by atoms with Crippen LogP contribution < -0.4 is 5.32 Å². The average molecular weight is 347 g/mol. The lowest BCUT2D eigenvalue weighted by Gasteiger charge is -2.07. The molecule has 2 heterocycles. The molecule has 8 heteroatoms. The lowest BCUT2D eigenvalue weighted by atomic mass is 10.3. The summed E-state index contributed by atoms with van der Waals surface area (Å²) in [4.78, 5) is 4.54. The molecule has 0 bridgehead atoms. The van der Waals surface area contributed by atoms with Crippen molar-refractivity contribution < 1.29 is 0 Å². The normalized spacial score (nSPS) is 10.8. The second-order valence-corrected chi connectivity index (χ2v) is 7.54. The predicted octanol–water partition coefficient (Wildman–Crippen LogP) is 4.42. The maximum Gasteiger partial charge on any atom is 0.175 e. The quantitative estimate of drug-likeness (QED) is 0.749. The number of hydrogen-bond donors (Lipinski definition) is 1.